The Morgan fingerprint density at radius 1 is 1.31 bits per heavy atom. The first-order valence-corrected chi connectivity index (χ1v) is 8.95. The summed E-state index contributed by atoms with van der Waals surface area (Å²) in [5.74, 6) is 0.290. The molecule has 26 heavy (non-hydrogen) atoms. The number of pyridine rings is 1. The third kappa shape index (κ3) is 3.48. The Morgan fingerprint density at radius 3 is 3.12 bits per heavy atom. The first-order chi connectivity index (χ1) is 12.7. The number of rotatable bonds is 3. The molecule has 1 atom stereocenters. The minimum Gasteiger partial charge on any atom is -0.464 e. The monoisotopic (exact) mass is 350 g/mol. The Morgan fingerprint density at radius 2 is 2.23 bits per heavy atom. The number of hydrogen-bond acceptors (Lipinski definition) is 4. The summed E-state index contributed by atoms with van der Waals surface area (Å²) in [4.78, 5) is 19.1. The van der Waals surface area contributed by atoms with E-state index in [1.165, 1.54) is 5.56 Å². The molecule has 3 aromatic rings. The van der Waals surface area contributed by atoms with Gasteiger partial charge in [0.2, 0.25) is 0 Å². The van der Waals surface area contributed by atoms with E-state index in [2.05, 4.69) is 23.2 Å². The lowest BCUT2D eigenvalue weighted by Gasteiger charge is -2.24. The van der Waals surface area contributed by atoms with Crippen LogP contribution in [-0.2, 0) is 11.2 Å². The van der Waals surface area contributed by atoms with E-state index in [1.807, 2.05) is 30.0 Å². The molecule has 1 aliphatic heterocycles. The highest BCUT2D eigenvalue weighted by atomic mass is 16.5. The Labute approximate surface area is 152 Å². The number of carbonyl (C=O) groups excluding carboxylic acids is 1. The summed E-state index contributed by atoms with van der Waals surface area (Å²) in [6.45, 7) is 4.40. The van der Waals surface area contributed by atoms with E-state index in [0.717, 1.165) is 23.1 Å². The molecule has 0 N–H and O–H groups in total. The number of carbonyl (C=O) groups is 1. The van der Waals surface area contributed by atoms with Gasteiger partial charge in [-0.25, -0.2) is 0 Å². The average Bonchev–Trinajstić information content (AvgIpc) is 2.99. The maximum absolute atomic E-state index is 12.9. The molecule has 1 saturated heterocycles. The fraction of sp³-hybridized carbons (Fsp3) is 0.333. The zero-order valence-corrected chi connectivity index (χ0v) is 14.9. The highest BCUT2D eigenvalue weighted by Gasteiger charge is 2.24. The van der Waals surface area contributed by atoms with Gasteiger partial charge in [-0.1, -0.05) is 12.1 Å². The maximum atomic E-state index is 12.9. The molecule has 0 saturated carbocycles. The topological polar surface area (TPSA) is 55.6 Å². The summed E-state index contributed by atoms with van der Waals surface area (Å²) < 4.78 is 11.3. The van der Waals surface area contributed by atoms with Crippen molar-refractivity contribution in [3.63, 3.8) is 0 Å². The molecule has 5 nitrogen and oxygen atoms in total. The van der Waals surface area contributed by atoms with Crippen molar-refractivity contribution < 1.29 is 13.9 Å². The molecule has 0 radical (unpaired) electrons. The molecule has 1 aromatic carbocycles. The van der Waals surface area contributed by atoms with Crippen LogP contribution in [-0.4, -0.2) is 42.1 Å². The van der Waals surface area contributed by atoms with E-state index < -0.39 is 0 Å². The van der Waals surface area contributed by atoms with Gasteiger partial charge in [-0.3, -0.25) is 9.78 Å². The number of hydrogen-bond donors (Lipinski definition) is 0. The SMILES string of the molecule is Cc1ncccc1C(=O)N1CCOCC(Cc2ccc3ccoc3c2)C1. The summed E-state index contributed by atoms with van der Waals surface area (Å²) in [7, 11) is 0. The second kappa shape index (κ2) is 7.30. The van der Waals surface area contributed by atoms with Crippen LogP contribution in [0.15, 0.2) is 53.3 Å². The highest BCUT2D eigenvalue weighted by Crippen LogP contribution is 2.21. The molecule has 0 bridgehead atoms. The molecular weight excluding hydrogens is 328 g/mol. The lowest BCUT2D eigenvalue weighted by molar-refractivity contribution is 0.0736. The molecule has 2 aromatic heterocycles. The Bertz CT molecular complexity index is 918. The van der Waals surface area contributed by atoms with Crippen LogP contribution in [0.1, 0.15) is 21.6 Å². The second-order valence-corrected chi connectivity index (χ2v) is 6.83. The van der Waals surface area contributed by atoms with Gasteiger partial charge in [-0.05, 0) is 43.2 Å². The Kier molecular flexibility index (Phi) is 4.71. The molecule has 0 aliphatic carbocycles. The van der Waals surface area contributed by atoms with E-state index in [-0.39, 0.29) is 11.8 Å². The Hall–Kier alpha value is -2.66. The third-order valence-corrected chi connectivity index (χ3v) is 4.91. The molecule has 3 heterocycles. The van der Waals surface area contributed by atoms with Crippen LogP contribution in [0.25, 0.3) is 11.0 Å². The van der Waals surface area contributed by atoms with Crippen molar-refractivity contribution in [3.05, 3.63) is 65.7 Å². The van der Waals surface area contributed by atoms with E-state index in [1.54, 1.807) is 12.5 Å². The summed E-state index contributed by atoms with van der Waals surface area (Å²) in [6.07, 6.45) is 4.28. The van der Waals surface area contributed by atoms with E-state index >= 15 is 0 Å². The van der Waals surface area contributed by atoms with Crippen LogP contribution in [0, 0.1) is 12.8 Å². The zero-order valence-electron chi connectivity index (χ0n) is 14.9. The molecule has 1 unspecified atom stereocenters. The van der Waals surface area contributed by atoms with Crippen molar-refractivity contribution in [2.24, 2.45) is 5.92 Å². The maximum Gasteiger partial charge on any atom is 0.255 e. The molecule has 1 fully saturated rings. The number of aromatic nitrogens is 1. The smallest absolute Gasteiger partial charge is 0.255 e. The van der Waals surface area contributed by atoms with Crippen LogP contribution in [0.2, 0.25) is 0 Å². The fourth-order valence-corrected chi connectivity index (χ4v) is 3.53. The number of ether oxygens (including phenoxy) is 1. The van der Waals surface area contributed by atoms with Crippen LogP contribution < -0.4 is 0 Å². The predicted octanol–water partition coefficient (Wildman–Crippen LogP) is 3.47. The normalized spacial score (nSPS) is 18.0. The van der Waals surface area contributed by atoms with E-state index in [0.29, 0.717) is 31.9 Å². The molecule has 1 aliphatic rings. The zero-order chi connectivity index (χ0) is 17.9. The third-order valence-electron chi connectivity index (χ3n) is 4.91. The molecule has 0 spiro atoms. The van der Waals surface area contributed by atoms with Crippen LogP contribution >= 0.6 is 0 Å². The van der Waals surface area contributed by atoms with Gasteiger partial charge < -0.3 is 14.1 Å². The molecule has 1 amide bonds. The standard InChI is InChI=1S/C21H22N2O3/c1-15-19(3-2-7-22-15)21(24)23-8-10-25-14-17(13-23)11-16-4-5-18-6-9-26-20(18)12-16/h2-7,9,12,17H,8,10-11,13-14H2,1H3. The van der Waals surface area contributed by atoms with E-state index in [4.69, 9.17) is 9.15 Å². The summed E-state index contributed by atoms with van der Waals surface area (Å²) >= 11 is 0. The van der Waals surface area contributed by atoms with Crippen LogP contribution in [0.4, 0.5) is 0 Å². The summed E-state index contributed by atoms with van der Waals surface area (Å²) in [6, 6.07) is 11.9. The molecular formula is C21H22N2O3. The average molecular weight is 350 g/mol. The number of benzene rings is 1. The summed E-state index contributed by atoms with van der Waals surface area (Å²) in [5.41, 5.74) is 3.54. The van der Waals surface area contributed by atoms with E-state index in [9.17, 15) is 4.79 Å². The van der Waals surface area contributed by atoms with Gasteiger partial charge in [0, 0.05) is 36.3 Å². The lowest BCUT2D eigenvalue weighted by Crippen LogP contribution is -2.36. The first kappa shape index (κ1) is 16.8. The minimum atomic E-state index is 0.0348. The lowest BCUT2D eigenvalue weighted by atomic mass is 9.98. The van der Waals surface area contributed by atoms with Crippen molar-refractivity contribution in [2.75, 3.05) is 26.3 Å². The van der Waals surface area contributed by atoms with Crippen molar-refractivity contribution in [1.29, 1.82) is 0 Å². The molecule has 134 valence electrons. The second-order valence-electron chi connectivity index (χ2n) is 6.83. The number of nitrogens with zero attached hydrogens (tertiary/aromatic N) is 2. The number of amides is 1. The van der Waals surface area contributed by atoms with Crippen molar-refractivity contribution >= 4 is 16.9 Å². The fourth-order valence-electron chi connectivity index (χ4n) is 3.53. The first-order valence-electron chi connectivity index (χ1n) is 8.95. The van der Waals surface area contributed by atoms with Gasteiger partial charge in [0.15, 0.2) is 0 Å². The minimum absolute atomic E-state index is 0.0348. The summed E-state index contributed by atoms with van der Waals surface area (Å²) in [5, 5.41) is 1.11. The highest BCUT2D eigenvalue weighted by molar-refractivity contribution is 5.95. The van der Waals surface area contributed by atoms with Crippen molar-refractivity contribution in [2.45, 2.75) is 13.3 Å². The quantitative estimate of drug-likeness (QED) is 0.726. The van der Waals surface area contributed by atoms with Gasteiger partial charge in [0.1, 0.15) is 5.58 Å². The molecule has 5 heteroatoms. The van der Waals surface area contributed by atoms with Crippen LogP contribution in [0.3, 0.4) is 0 Å². The number of fused-ring (bicyclic) bond motifs is 1. The Balaban J connectivity index is 1.50. The largest absolute Gasteiger partial charge is 0.464 e. The predicted molar refractivity (Wildman–Crippen MR) is 99.1 cm³/mol. The number of aryl methyl sites for hydroxylation is 1. The van der Waals surface area contributed by atoms with Crippen LogP contribution in [0.5, 0.6) is 0 Å². The van der Waals surface area contributed by atoms with Gasteiger partial charge in [-0.2, -0.15) is 0 Å². The van der Waals surface area contributed by atoms with Crippen molar-refractivity contribution in [1.82, 2.24) is 9.88 Å². The van der Waals surface area contributed by atoms with Gasteiger partial charge in [0.05, 0.1) is 25.0 Å². The van der Waals surface area contributed by atoms with Gasteiger partial charge in [0.25, 0.3) is 5.91 Å². The molecule has 4 rings (SSSR count). The number of furan rings is 1. The van der Waals surface area contributed by atoms with Crippen molar-refractivity contribution in [3.8, 4) is 0 Å². The van der Waals surface area contributed by atoms with Gasteiger partial charge >= 0.3 is 0 Å². The van der Waals surface area contributed by atoms with Gasteiger partial charge in [-0.15, -0.1) is 0 Å².